The van der Waals surface area contributed by atoms with Crippen LogP contribution in [0.4, 0.5) is 11.4 Å². The van der Waals surface area contributed by atoms with Crippen LogP contribution in [0.3, 0.4) is 0 Å². The predicted octanol–water partition coefficient (Wildman–Crippen LogP) is 3.65. The highest BCUT2D eigenvalue weighted by atomic mass is 32.2. The van der Waals surface area contributed by atoms with Crippen LogP contribution in [0.15, 0.2) is 46.2 Å². The first-order valence-corrected chi connectivity index (χ1v) is 6.97. The normalized spacial score (nSPS) is 10.3. The third kappa shape index (κ3) is 2.86. The third-order valence-corrected chi connectivity index (χ3v) is 3.50. The summed E-state index contributed by atoms with van der Waals surface area (Å²) in [7, 11) is 0. The number of thiol groups is 1. The third-order valence-electron chi connectivity index (χ3n) is 2.39. The molecule has 5 heteroatoms. The van der Waals surface area contributed by atoms with Crippen LogP contribution in [0.25, 0.3) is 0 Å². The van der Waals surface area contributed by atoms with Crippen molar-refractivity contribution in [1.29, 1.82) is 0 Å². The summed E-state index contributed by atoms with van der Waals surface area (Å²) in [6, 6.07) is 10.9. The number of benzene rings is 2. The Morgan fingerprint density at radius 3 is 2.22 bits per heavy atom. The van der Waals surface area contributed by atoms with Gasteiger partial charge in [-0.25, -0.2) is 0 Å². The maximum atomic E-state index is 5.83. The van der Waals surface area contributed by atoms with Gasteiger partial charge in [0.05, 0.1) is 4.90 Å². The number of nitrogen functional groups attached to an aromatic ring is 2. The summed E-state index contributed by atoms with van der Waals surface area (Å²) in [6.07, 6.45) is 1.98. The Morgan fingerprint density at radius 1 is 1.00 bits per heavy atom. The molecular formula is C13H14N2OS2. The average Bonchev–Trinajstić information content (AvgIpc) is 2.34. The minimum Gasteiger partial charge on any atom is -0.455 e. The van der Waals surface area contributed by atoms with Gasteiger partial charge in [-0.2, -0.15) is 0 Å². The number of hydrogen-bond donors (Lipinski definition) is 3. The van der Waals surface area contributed by atoms with Crippen molar-refractivity contribution < 1.29 is 4.74 Å². The zero-order valence-electron chi connectivity index (χ0n) is 9.88. The van der Waals surface area contributed by atoms with E-state index in [1.54, 1.807) is 30.0 Å². The lowest BCUT2D eigenvalue weighted by atomic mass is 10.3. The van der Waals surface area contributed by atoms with Crippen molar-refractivity contribution in [2.24, 2.45) is 0 Å². The molecule has 2 rings (SSSR count). The topological polar surface area (TPSA) is 61.3 Å². The minimum absolute atomic E-state index is 0.662. The molecule has 0 saturated heterocycles. The van der Waals surface area contributed by atoms with E-state index in [-0.39, 0.29) is 0 Å². The van der Waals surface area contributed by atoms with Crippen LogP contribution in [-0.2, 0) is 0 Å². The van der Waals surface area contributed by atoms with Crippen molar-refractivity contribution >= 4 is 35.8 Å². The zero-order chi connectivity index (χ0) is 13.1. The van der Waals surface area contributed by atoms with Gasteiger partial charge >= 0.3 is 0 Å². The van der Waals surface area contributed by atoms with Gasteiger partial charge in [0.15, 0.2) is 0 Å². The van der Waals surface area contributed by atoms with Crippen LogP contribution >= 0.6 is 24.4 Å². The van der Waals surface area contributed by atoms with Crippen molar-refractivity contribution in [2.75, 3.05) is 17.7 Å². The Labute approximate surface area is 116 Å². The van der Waals surface area contributed by atoms with Gasteiger partial charge < -0.3 is 16.2 Å². The van der Waals surface area contributed by atoms with E-state index < -0.39 is 0 Å². The molecular weight excluding hydrogens is 264 g/mol. The largest absolute Gasteiger partial charge is 0.455 e. The van der Waals surface area contributed by atoms with Crippen molar-refractivity contribution in [1.82, 2.24) is 0 Å². The van der Waals surface area contributed by atoms with Crippen molar-refractivity contribution in [3.63, 3.8) is 0 Å². The van der Waals surface area contributed by atoms with E-state index >= 15 is 0 Å². The van der Waals surface area contributed by atoms with Crippen LogP contribution in [0.1, 0.15) is 0 Å². The number of anilines is 2. The van der Waals surface area contributed by atoms with Crippen LogP contribution in [0.5, 0.6) is 11.5 Å². The molecule has 0 heterocycles. The summed E-state index contributed by atoms with van der Waals surface area (Å²) < 4.78 is 5.83. The molecule has 0 radical (unpaired) electrons. The Hall–Kier alpha value is -1.46. The van der Waals surface area contributed by atoms with Crippen LogP contribution in [0.2, 0.25) is 0 Å². The maximum absolute atomic E-state index is 5.83. The molecule has 0 spiro atoms. The fourth-order valence-corrected chi connectivity index (χ4v) is 2.34. The van der Waals surface area contributed by atoms with Crippen molar-refractivity contribution in [3.05, 3.63) is 36.4 Å². The molecule has 94 valence electrons. The van der Waals surface area contributed by atoms with Crippen molar-refractivity contribution in [3.8, 4) is 11.5 Å². The molecule has 4 N–H and O–H groups in total. The average molecular weight is 278 g/mol. The van der Waals surface area contributed by atoms with Gasteiger partial charge in [0.2, 0.25) is 0 Å². The molecule has 3 nitrogen and oxygen atoms in total. The molecule has 0 bridgehead atoms. The fraction of sp³-hybridized carbons (Fsp3) is 0.0769. The lowest BCUT2D eigenvalue weighted by Gasteiger charge is -2.12. The van der Waals surface area contributed by atoms with E-state index in [0.717, 1.165) is 16.3 Å². The van der Waals surface area contributed by atoms with E-state index in [1.807, 2.05) is 24.5 Å². The summed E-state index contributed by atoms with van der Waals surface area (Å²) >= 11 is 5.93. The second-order valence-electron chi connectivity index (χ2n) is 3.74. The molecule has 18 heavy (non-hydrogen) atoms. The van der Waals surface area contributed by atoms with Crippen LogP contribution in [0, 0.1) is 0 Å². The van der Waals surface area contributed by atoms with E-state index in [2.05, 4.69) is 12.6 Å². The maximum Gasteiger partial charge on any atom is 0.141 e. The Bertz CT molecular complexity index is 573. The second kappa shape index (κ2) is 5.46. The van der Waals surface area contributed by atoms with E-state index in [9.17, 15) is 0 Å². The Morgan fingerprint density at radius 2 is 1.61 bits per heavy atom. The van der Waals surface area contributed by atoms with Gasteiger partial charge in [0.25, 0.3) is 0 Å². The number of ether oxygens (including phenoxy) is 1. The minimum atomic E-state index is 0.662. The summed E-state index contributed by atoms with van der Waals surface area (Å²) in [6.45, 7) is 0. The van der Waals surface area contributed by atoms with Crippen LogP contribution in [-0.4, -0.2) is 6.26 Å². The predicted molar refractivity (Wildman–Crippen MR) is 80.8 cm³/mol. The quantitative estimate of drug-likeness (QED) is 0.455. The Balaban J connectivity index is 2.33. The first kappa shape index (κ1) is 13.0. The SMILES string of the molecule is CSc1cc(N)ccc1Oc1ccc(N)cc1S. The molecule has 0 aliphatic heterocycles. The molecule has 0 unspecified atom stereocenters. The van der Waals surface area contributed by atoms with E-state index in [0.29, 0.717) is 16.3 Å². The zero-order valence-corrected chi connectivity index (χ0v) is 11.6. The number of nitrogens with two attached hydrogens (primary N) is 2. The van der Waals surface area contributed by atoms with Gasteiger partial charge in [-0.3, -0.25) is 0 Å². The molecule has 0 aliphatic rings. The fourth-order valence-electron chi connectivity index (χ4n) is 1.51. The highest BCUT2D eigenvalue weighted by molar-refractivity contribution is 7.98. The summed E-state index contributed by atoms with van der Waals surface area (Å²) in [5, 5.41) is 0. The smallest absolute Gasteiger partial charge is 0.141 e. The molecule has 2 aromatic rings. The summed E-state index contributed by atoms with van der Waals surface area (Å²) in [5.74, 6) is 1.43. The van der Waals surface area contributed by atoms with Crippen molar-refractivity contribution in [2.45, 2.75) is 9.79 Å². The Kier molecular flexibility index (Phi) is 3.93. The molecule has 0 aliphatic carbocycles. The first-order chi connectivity index (χ1) is 8.60. The molecule has 0 fully saturated rings. The van der Waals surface area contributed by atoms with Gasteiger partial charge in [-0.15, -0.1) is 24.4 Å². The molecule has 0 amide bonds. The standard InChI is InChI=1S/C13H14N2OS2/c1-18-13-7-9(15)3-5-11(13)16-10-4-2-8(14)6-12(10)17/h2-7,17H,14-15H2,1H3. The number of thioether (sulfide) groups is 1. The van der Waals surface area contributed by atoms with E-state index in [1.165, 1.54) is 0 Å². The highest BCUT2D eigenvalue weighted by Crippen LogP contribution is 2.35. The molecule has 2 aromatic carbocycles. The highest BCUT2D eigenvalue weighted by Gasteiger charge is 2.07. The van der Waals surface area contributed by atoms with Gasteiger partial charge in [-0.1, -0.05) is 0 Å². The van der Waals surface area contributed by atoms with Gasteiger partial charge in [-0.05, 0) is 42.7 Å². The van der Waals surface area contributed by atoms with Crippen LogP contribution < -0.4 is 16.2 Å². The molecule has 0 aromatic heterocycles. The molecule has 0 atom stereocenters. The summed E-state index contributed by atoms with van der Waals surface area (Å²) in [4.78, 5) is 1.69. The molecule has 0 saturated carbocycles. The first-order valence-electron chi connectivity index (χ1n) is 5.30. The van der Waals surface area contributed by atoms with Gasteiger partial charge in [0, 0.05) is 16.3 Å². The summed E-state index contributed by atoms with van der Waals surface area (Å²) in [5.41, 5.74) is 12.8. The van der Waals surface area contributed by atoms with Gasteiger partial charge in [0.1, 0.15) is 11.5 Å². The lowest BCUT2D eigenvalue weighted by Crippen LogP contribution is -1.92. The number of rotatable bonds is 3. The lowest BCUT2D eigenvalue weighted by molar-refractivity contribution is 0.460. The monoisotopic (exact) mass is 278 g/mol. The number of hydrogen-bond acceptors (Lipinski definition) is 5. The second-order valence-corrected chi connectivity index (χ2v) is 5.07. The van der Waals surface area contributed by atoms with E-state index in [4.69, 9.17) is 16.2 Å².